The van der Waals surface area contributed by atoms with Crippen molar-refractivity contribution in [2.75, 3.05) is 0 Å². The molecule has 6 rings (SSSR count). The van der Waals surface area contributed by atoms with Crippen molar-refractivity contribution in [2.45, 2.75) is 38.9 Å². The Morgan fingerprint density at radius 3 is 1.86 bits per heavy atom. The molecule has 0 amide bonds. The van der Waals surface area contributed by atoms with E-state index in [4.69, 9.17) is 13.7 Å². The van der Waals surface area contributed by atoms with Crippen LogP contribution < -0.4 is 10.9 Å². The summed E-state index contributed by atoms with van der Waals surface area (Å²) in [6, 6.07) is 29.9. The van der Waals surface area contributed by atoms with Crippen LogP contribution in [0.2, 0.25) is 0 Å². The van der Waals surface area contributed by atoms with Crippen LogP contribution in [-0.2, 0) is 9.31 Å². The predicted octanol–water partition coefficient (Wildman–Crippen LogP) is 6.58. The lowest BCUT2D eigenvalue weighted by Crippen LogP contribution is -2.41. The third-order valence-electron chi connectivity index (χ3n) is 7.54. The second-order valence-electron chi connectivity index (χ2n) is 10.4. The fourth-order valence-corrected chi connectivity index (χ4v) is 4.68. The van der Waals surface area contributed by atoms with Crippen molar-refractivity contribution in [3.8, 4) is 22.3 Å². The number of hydrogen-bond donors (Lipinski definition) is 0. The van der Waals surface area contributed by atoms with E-state index in [1.165, 1.54) is 0 Å². The van der Waals surface area contributed by atoms with Gasteiger partial charge in [0.2, 0.25) is 5.43 Å². The van der Waals surface area contributed by atoms with Gasteiger partial charge in [0, 0.05) is 0 Å². The number of hydrogen-bond acceptors (Lipinski definition) is 4. The summed E-state index contributed by atoms with van der Waals surface area (Å²) in [5.41, 5.74) is 5.71. The third-order valence-corrected chi connectivity index (χ3v) is 7.54. The van der Waals surface area contributed by atoms with E-state index in [0.29, 0.717) is 21.9 Å². The topological polar surface area (TPSA) is 48.7 Å². The molecule has 0 saturated carbocycles. The zero-order valence-electron chi connectivity index (χ0n) is 20.9. The fourth-order valence-electron chi connectivity index (χ4n) is 4.68. The molecule has 36 heavy (non-hydrogen) atoms. The van der Waals surface area contributed by atoms with Crippen molar-refractivity contribution in [3.63, 3.8) is 0 Å². The lowest BCUT2D eigenvalue weighted by Gasteiger charge is -2.32. The highest BCUT2D eigenvalue weighted by Gasteiger charge is 2.51. The van der Waals surface area contributed by atoms with Crippen molar-refractivity contribution < 1.29 is 13.7 Å². The lowest BCUT2D eigenvalue weighted by atomic mass is 9.78. The van der Waals surface area contributed by atoms with Gasteiger partial charge in [-0.2, -0.15) is 0 Å². The van der Waals surface area contributed by atoms with Gasteiger partial charge in [0.25, 0.3) is 0 Å². The maximum Gasteiger partial charge on any atom is 0.494 e. The molecular weight excluding hydrogens is 447 g/mol. The molecule has 4 nitrogen and oxygen atoms in total. The third kappa shape index (κ3) is 3.76. The van der Waals surface area contributed by atoms with Crippen LogP contribution in [0.25, 0.3) is 44.2 Å². The summed E-state index contributed by atoms with van der Waals surface area (Å²) >= 11 is 0. The Balaban J connectivity index is 1.31. The number of fused-ring (bicyclic) bond motifs is 2. The van der Waals surface area contributed by atoms with E-state index in [0.717, 1.165) is 27.7 Å². The summed E-state index contributed by atoms with van der Waals surface area (Å²) in [4.78, 5) is 12.9. The zero-order chi connectivity index (χ0) is 25.1. The minimum atomic E-state index is -0.391. The summed E-state index contributed by atoms with van der Waals surface area (Å²) in [5.74, 6) is 0. The van der Waals surface area contributed by atoms with E-state index in [-0.39, 0.29) is 16.6 Å². The van der Waals surface area contributed by atoms with E-state index in [9.17, 15) is 4.79 Å². The molecule has 0 bridgehead atoms. The van der Waals surface area contributed by atoms with Gasteiger partial charge >= 0.3 is 7.12 Å². The van der Waals surface area contributed by atoms with Crippen LogP contribution >= 0.6 is 0 Å². The van der Waals surface area contributed by atoms with E-state index >= 15 is 0 Å². The normalized spacial score (nSPS) is 16.6. The molecule has 0 atom stereocenters. The van der Waals surface area contributed by atoms with E-state index < -0.39 is 7.12 Å². The Morgan fingerprint density at radius 2 is 1.17 bits per heavy atom. The average Bonchev–Trinajstić information content (AvgIpc) is 3.11. The van der Waals surface area contributed by atoms with Crippen molar-refractivity contribution in [3.05, 3.63) is 101 Å². The van der Waals surface area contributed by atoms with Gasteiger partial charge in [0.05, 0.1) is 22.0 Å². The minimum absolute atomic E-state index is 0.00405. The Morgan fingerprint density at radius 1 is 0.583 bits per heavy atom. The molecule has 0 unspecified atom stereocenters. The first-order chi connectivity index (χ1) is 17.2. The quantitative estimate of drug-likeness (QED) is 0.219. The molecule has 1 fully saturated rings. The Hall–Kier alpha value is -3.67. The van der Waals surface area contributed by atoms with Gasteiger partial charge in [-0.3, -0.25) is 4.79 Å². The van der Waals surface area contributed by atoms with E-state index in [2.05, 4.69) is 64.1 Å². The molecule has 1 aliphatic heterocycles. The maximum absolute atomic E-state index is 12.9. The molecule has 1 aliphatic rings. The molecule has 0 radical (unpaired) electrons. The molecule has 5 aromatic rings. The summed E-state index contributed by atoms with van der Waals surface area (Å²) in [6.07, 6.45) is 0. The van der Waals surface area contributed by atoms with Crippen LogP contribution in [0.4, 0.5) is 0 Å². The van der Waals surface area contributed by atoms with Crippen LogP contribution in [0, 0.1) is 0 Å². The maximum atomic E-state index is 12.9. The van der Waals surface area contributed by atoms with Gasteiger partial charge in [-0.25, -0.2) is 0 Å². The highest BCUT2D eigenvalue weighted by molar-refractivity contribution is 6.62. The van der Waals surface area contributed by atoms with Crippen LogP contribution in [0.5, 0.6) is 0 Å². The SMILES string of the molecule is CC1(C)OB(c2cccc(-c3ccc(-c4ccc5c(=O)c6ccccc6oc5c4)cc3)c2)OC1(C)C. The average molecular weight is 474 g/mol. The summed E-state index contributed by atoms with van der Waals surface area (Å²) in [5, 5.41) is 1.19. The molecule has 178 valence electrons. The summed E-state index contributed by atoms with van der Waals surface area (Å²) in [7, 11) is -0.391. The van der Waals surface area contributed by atoms with Gasteiger partial charge in [-0.1, -0.05) is 66.7 Å². The number of para-hydroxylation sites is 1. The molecule has 1 aromatic heterocycles. The first kappa shape index (κ1) is 22.8. The fraction of sp³-hybridized carbons (Fsp3) is 0.194. The molecule has 4 aromatic carbocycles. The van der Waals surface area contributed by atoms with E-state index in [1.807, 2.05) is 48.5 Å². The Kier molecular flexibility index (Phi) is 5.18. The number of benzene rings is 4. The van der Waals surface area contributed by atoms with Crippen LogP contribution in [-0.4, -0.2) is 18.3 Å². The second kappa shape index (κ2) is 8.19. The first-order valence-electron chi connectivity index (χ1n) is 12.2. The molecule has 5 heteroatoms. The molecule has 0 aliphatic carbocycles. The summed E-state index contributed by atoms with van der Waals surface area (Å²) < 4.78 is 18.5. The highest BCUT2D eigenvalue weighted by atomic mass is 16.7. The van der Waals surface area contributed by atoms with Gasteiger partial charge in [0.1, 0.15) is 11.2 Å². The molecule has 0 N–H and O–H groups in total. The van der Waals surface area contributed by atoms with Crippen LogP contribution in [0.15, 0.2) is 100 Å². The standard InChI is InChI=1S/C31H27BO4/c1-30(2)31(3,4)36-32(35-30)24-9-7-8-22(18-24)20-12-14-21(15-13-20)23-16-17-26-28(19-23)34-27-11-6-5-10-25(27)29(26)33/h5-19H,1-4H3. The van der Waals surface area contributed by atoms with Crippen molar-refractivity contribution >= 4 is 34.5 Å². The predicted molar refractivity (Wildman–Crippen MR) is 147 cm³/mol. The smallest absolute Gasteiger partial charge is 0.456 e. The van der Waals surface area contributed by atoms with Gasteiger partial charge < -0.3 is 13.7 Å². The van der Waals surface area contributed by atoms with Gasteiger partial charge in [-0.15, -0.1) is 0 Å². The largest absolute Gasteiger partial charge is 0.494 e. The molecule has 0 spiro atoms. The lowest BCUT2D eigenvalue weighted by molar-refractivity contribution is 0.00578. The monoisotopic (exact) mass is 474 g/mol. The van der Waals surface area contributed by atoms with Crippen LogP contribution in [0.1, 0.15) is 27.7 Å². The van der Waals surface area contributed by atoms with Crippen molar-refractivity contribution in [2.24, 2.45) is 0 Å². The molecule has 2 heterocycles. The highest BCUT2D eigenvalue weighted by Crippen LogP contribution is 2.37. The Bertz CT molecular complexity index is 1650. The zero-order valence-corrected chi connectivity index (χ0v) is 20.9. The second-order valence-corrected chi connectivity index (χ2v) is 10.4. The molecular formula is C31H27BO4. The minimum Gasteiger partial charge on any atom is -0.456 e. The van der Waals surface area contributed by atoms with Crippen molar-refractivity contribution in [1.82, 2.24) is 0 Å². The van der Waals surface area contributed by atoms with Crippen molar-refractivity contribution in [1.29, 1.82) is 0 Å². The Labute approximate surface area is 210 Å². The van der Waals surface area contributed by atoms with Gasteiger partial charge in [-0.05, 0) is 79.7 Å². The summed E-state index contributed by atoms with van der Waals surface area (Å²) in [6.45, 7) is 8.26. The first-order valence-corrected chi connectivity index (χ1v) is 12.2. The van der Waals surface area contributed by atoms with Crippen LogP contribution in [0.3, 0.4) is 0 Å². The number of rotatable bonds is 3. The van der Waals surface area contributed by atoms with Gasteiger partial charge in [0.15, 0.2) is 0 Å². The molecule has 1 saturated heterocycles. The van der Waals surface area contributed by atoms with E-state index in [1.54, 1.807) is 6.07 Å².